The molecule has 1 amide bonds. The molecule has 0 aromatic heterocycles. The van der Waals surface area contributed by atoms with Crippen molar-refractivity contribution in [3.8, 4) is 5.75 Å². The molecule has 116 valence electrons. The van der Waals surface area contributed by atoms with Gasteiger partial charge in [-0.05, 0) is 30.7 Å². The zero-order chi connectivity index (χ0) is 15.3. The fraction of sp³-hybridized carbons (Fsp3) is 0.588. The van der Waals surface area contributed by atoms with Crippen LogP contribution in [0, 0.1) is 5.41 Å². The van der Waals surface area contributed by atoms with E-state index in [9.17, 15) is 4.79 Å². The first-order chi connectivity index (χ1) is 10.00. The van der Waals surface area contributed by atoms with Crippen LogP contribution in [0.2, 0.25) is 0 Å². The molecular formula is C17H26N2O2. The van der Waals surface area contributed by atoms with Crippen LogP contribution in [0.1, 0.15) is 45.1 Å². The molecule has 4 nitrogen and oxygen atoms in total. The Bertz CT molecular complexity index is 485. The Kier molecular flexibility index (Phi) is 5.23. The third kappa shape index (κ3) is 4.74. The summed E-state index contributed by atoms with van der Waals surface area (Å²) in [5, 5.41) is 3.09. The first-order valence-corrected chi connectivity index (χ1v) is 7.70. The average Bonchev–Trinajstić information content (AvgIpc) is 2.44. The summed E-state index contributed by atoms with van der Waals surface area (Å²) in [5.74, 6) is 0.642. The molecule has 1 saturated carbocycles. The summed E-state index contributed by atoms with van der Waals surface area (Å²) in [4.78, 5) is 12.0. The van der Waals surface area contributed by atoms with Crippen LogP contribution in [-0.4, -0.2) is 18.6 Å². The number of hydrogen-bond acceptors (Lipinski definition) is 3. The SMILES string of the molecule is CC1(C)CCCC(NC(=O)COc2ccccc2CN)C1. The first-order valence-electron chi connectivity index (χ1n) is 7.70. The van der Waals surface area contributed by atoms with E-state index in [0.717, 1.165) is 18.4 Å². The minimum atomic E-state index is -0.0514. The predicted molar refractivity (Wildman–Crippen MR) is 84.0 cm³/mol. The maximum absolute atomic E-state index is 12.0. The highest BCUT2D eigenvalue weighted by Gasteiger charge is 2.28. The number of amides is 1. The minimum Gasteiger partial charge on any atom is -0.483 e. The van der Waals surface area contributed by atoms with E-state index in [-0.39, 0.29) is 18.6 Å². The Labute approximate surface area is 127 Å². The monoisotopic (exact) mass is 290 g/mol. The Balaban J connectivity index is 1.82. The van der Waals surface area contributed by atoms with E-state index in [1.807, 2.05) is 24.3 Å². The van der Waals surface area contributed by atoms with Gasteiger partial charge in [0.15, 0.2) is 6.61 Å². The smallest absolute Gasteiger partial charge is 0.258 e. The van der Waals surface area contributed by atoms with Crippen LogP contribution in [0.4, 0.5) is 0 Å². The summed E-state index contributed by atoms with van der Waals surface area (Å²) < 4.78 is 5.59. The number of nitrogens with one attached hydrogen (secondary N) is 1. The van der Waals surface area contributed by atoms with Crippen LogP contribution < -0.4 is 15.8 Å². The molecular weight excluding hydrogens is 264 g/mol. The van der Waals surface area contributed by atoms with Crippen molar-refractivity contribution < 1.29 is 9.53 Å². The van der Waals surface area contributed by atoms with Gasteiger partial charge in [0, 0.05) is 18.2 Å². The molecule has 2 rings (SSSR count). The maximum atomic E-state index is 12.0. The lowest BCUT2D eigenvalue weighted by atomic mass is 9.75. The second-order valence-electron chi connectivity index (χ2n) is 6.63. The van der Waals surface area contributed by atoms with E-state index in [1.54, 1.807) is 0 Å². The van der Waals surface area contributed by atoms with E-state index in [4.69, 9.17) is 10.5 Å². The molecule has 21 heavy (non-hydrogen) atoms. The minimum absolute atomic E-state index is 0.0495. The molecule has 0 heterocycles. The lowest BCUT2D eigenvalue weighted by Crippen LogP contribution is -2.42. The number of ether oxygens (including phenoxy) is 1. The van der Waals surface area contributed by atoms with Gasteiger partial charge in [-0.15, -0.1) is 0 Å². The van der Waals surface area contributed by atoms with Gasteiger partial charge in [0.25, 0.3) is 5.91 Å². The molecule has 1 aromatic rings. The molecule has 3 N–H and O–H groups in total. The van der Waals surface area contributed by atoms with E-state index in [1.165, 1.54) is 12.8 Å². The van der Waals surface area contributed by atoms with Crippen molar-refractivity contribution in [3.63, 3.8) is 0 Å². The number of hydrogen-bond donors (Lipinski definition) is 2. The highest BCUT2D eigenvalue weighted by molar-refractivity contribution is 5.77. The fourth-order valence-electron chi connectivity index (χ4n) is 3.05. The summed E-state index contributed by atoms with van der Waals surface area (Å²) >= 11 is 0. The van der Waals surface area contributed by atoms with Gasteiger partial charge >= 0.3 is 0 Å². The lowest BCUT2D eigenvalue weighted by Gasteiger charge is -2.35. The number of carbonyl (C=O) groups is 1. The van der Waals surface area contributed by atoms with E-state index >= 15 is 0 Å². The summed E-state index contributed by atoms with van der Waals surface area (Å²) in [7, 11) is 0. The molecule has 1 fully saturated rings. The van der Waals surface area contributed by atoms with Crippen molar-refractivity contribution in [2.45, 2.75) is 52.1 Å². The third-order valence-electron chi connectivity index (χ3n) is 4.12. The Hall–Kier alpha value is -1.55. The van der Waals surface area contributed by atoms with Gasteiger partial charge < -0.3 is 15.8 Å². The van der Waals surface area contributed by atoms with Crippen LogP contribution in [0.15, 0.2) is 24.3 Å². The third-order valence-corrected chi connectivity index (χ3v) is 4.12. The number of nitrogens with two attached hydrogens (primary N) is 1. The van der Waals surface area contributed by atoms with Crippen molar-refractivity contribution >= 4 is 5.91 Å². The Morgan fingerprint density at radius 2 is 2.19 bits per heavy atom. The van der Waals surface area contributed by atoms with Crippen molar-refractivity contribution in [1.82, 2.24) is 5.32 Å². The fourth-order valence-corrected chi connectivity index (χ4v) is 3.05. The largest absolute Gasteiger partial charge is 0.483 e. The summed E-state index contributed by atoms with van der Waals surface area (Å²) in [6.45, 7) is 4.99. The first kappa shape index (κ1) is 15.8. The molecule has 4 heteroatoms. The zero-order valence-electron chi connectivity index (χ0n) is 13.0. The summed E-state index contributed by atoms with van der Waals surface area (Å²) in [6.07, 6.45) is 4.52. The van der Waals surface area contributed by atoms with Crippen LogP contribution >= 0.6 is 0 Å². The van der Waals surface area contributed by atoms with Gasteiger partial charge in [0.2, 0.25) is 0 Å². The molecule has 1 atom stereocenters. The highest BCUT2D eigenvalue weighted by atomic mass is 16.5. The van der Waals surface area contributed by atoms with E-state index in [2.05, 4.69) is 19.2 Å². The van der Waals surface area contributed by atoms with Crippen molar-refractivity contribution in [2.75, 3.05) is 6.61 Å². The van der Waals surface area contributed by atoms with Gasteiger partial charge in [-0.3, -0.25) is 4.79 Å². The topological polar surface area (TPSA) is 64.3 Å². The lowest BCUT2D eigenvalue weighted by molar-refractivity contribution is -0.124. The maximum Gasteiger partial charge on any atom is 0.258 e. The van der Waals surface area contributed by atoms with Crippen molar-refractivity contribution in [3.05, 3.63) is 29.8 Å². The predicted octanol–water partition coefficient (Wildman–Crippen LogP) is 2.61. The molecule has 1 aliphatic rings. The van der Waals surface area contributed by atoms with Crippen LogP contribution in [0.3, 0.4) is 0 Å². The molecule has 0 bridgehead atoms. The van der Waals surface area contributed by atoms with Crippen molar-refractivity contribution in [2.24, 2.45) is 11.1 Å². The number of para-hydroxylation sites is 1. The van der Waals surface area contributed by atoms with Crippen LogP contribution in [0.25, 0.3) is 0 Å². The molecule has 0 radical (unpaired) electrons. The highest BCUT2D eigenvalue weighted by Crippen LogP contribution is 2.35. The number of benzene rings is 1. The molecule has 0 spiro atoms. The molecule has 1 aromatic carbocycles. The van der Waals surface area contributed by atoms with Gasteiger partial charge in [0.1, 0.15) is 5.75 Å². The summed E-state index contributed by atoms with van der Waals surface area (Å²) in [5.41, 5.74) is 6.90. The Morgan fingerprint density at radius 1 is 1.43 bits per heavy atom. The molecule has 1 unspecified atom stereocenters. The van der Waals surface area contributed by atoms with E-state index < -0.39 is 0 Å². The van der Waals surface area contributed by atoms with Crippen LogP contribution in [-0.2, 0) is 11.3 Å². The van der Waals surface area contributed by atoms with Crippen LogP contribution in [0.5, 0.6) is 5.75 Å². The van der Waals surface area contributed by atoms with Gasteiger partial charge in [-0.2, -0.15) is 0 Å². The number of carbonyl (C=O) groups excluding carboxylic acids is 1. The second-order valence-corrected chi connectivity index (χ2v) is 6.63. The zero-order valence-corrected chi connectivity index (χ0v) is 13.0. The van der Waals surface area contributed by atoms with E-state index in [0.29, 0.717) is 17.7 Å². The molecule has 0 saturated heterocycles. The molecule has 1 aliphatic carbocycles. The number of rotatable bonds is 5. The quantitative estimate of drug-likeness (QED) is 0.876. The average molecular weight is 290 g/mol. The van der Waals surface area contributed by atoms with Gasteiger partial charge in [-0.1, -0.05) is 38.5 Å². The van der Waals surface area contributed by atoms with Gasteiger partial charge in [0.05, 0.1) is 0 Å². The summed E-state index contributed by atoms with van der Waals surface area (Å²) in [6, 6.07) is 7.83. The normalized spacial score (nSPS) is 20.8. The Morgan fingerprint density at radius 3 is 2.90 bits per heavy atom. The van der Waals surface area contributed by atoms with Gasteiger partial charge in [-0.25, -0.2) is 0 Å². The molecule has 0 aliphatic heterocycles. The standard InChI is InChI=1S/C17H26N2O2/c1-17(2)9-5-7-14(10-17)19-16(20)12-21-15-8-4-3-6-13(15)11-18/h3-4,6,8,14H,5,7,9-12,18H2,1-2H3,(H,19,20). The van der Waals surface area contributed by atoms with Crippen molar-refractivity contribution in [1.29, 1.82) is 0 Å². The second kappa shape index (κ2) is 6.94.